The standard InChI is InChI=1S/C29H37N3O3/c1-27(2,3)24(33)13-16-32-25(34)29(31-26(32)30)23-17-20(8-7-19-5-6-19)9-10-21(23)18-28(29)14-11-22(35-4)12-15-28/h9-10,17,19,22H,5-6,11-16,18H2,1-4H3,(H2,30,31). The molecule has 4 aliphatic rings. The normalized spacial score (nSPS) is 29.8. The number of carbonyl (C=O) groups excluding carboxylic acids is 2. The van der Waals surface area contributed by atoms with Gasteiger partial charge in [0.15, 0.2) is 11.5 Å². The minimum absolute atomic E-state index is 0.0846. The molecule has 2 fully saturated rings. The monoisotopic (exact) mass is 475 g/mol. The Hall–Kier alpha value is -2.65. The van der Waals surface area contributed by atoms with E-state index in [4.69, 9.17) is 15.5 Å². The number of ketones is 1. The second kappa shape index (κ2) is 8.48. The molecule has 0 aromatic heterocycles. The van der Waals surface area contributed by atoms with Gasteiger partial charge in [-0.15, -0.1) is 0 Å². The maximum atomic E-state index is 14.3. The van der Waals surface area contributed by atoms with E-state index in [2.05, 4.69) is 30.0 Å². The first-order valence-electron chi connectivity index (χ1n) is 13.0. The highest BCUT2D eigenvalue weighted by molar-refractivity contribution is 6.08. The molecule has 1 unspecified atom stereocenters. The fraction of sp³-hybridized carbons (Fsp3) is 0.621. The van der Waals surface area contributed by atoms with Gasteiger partial charge in [-0.1, -0.05) is 38.7 Å². The van der Waals surface area contributed by atoms with Crippen LogP contribution in [0.4, 0.5) is 0 Å². The molecule has 1 aromatic rings. The van der Waals surface area contributed by atoms with E-state index in [1.807, 2.05) is 20.8 Å². The quantitative estimate of drug-likeness (QED) is 0.669. The van der Waals surface area contributed by atoms with E-state index in [1.165, 1.54) is 12.8 Å². The number of nitrogens with zero attached hydrogens (tertiary/aromatic N) is 2. The van der Waals surface area contributed by atoms with Crippen LogP contribution in [-0.2, 0) is 26.3 Å². The first kappa shape index (κ1) is 24.1. The maximum Gasteiger partial charge on any atom is 0.262 e. The lowest BCUT2D eigenvalue weighted by Crippen LogP contribution is -2.52. The van der Waals surface area contributed by atoms with E-state index < -0.39 is 11.0 Å². The van der Waals surface area contributed by atoms with E-state index >= 15 is 0 Å². The molecule has 1 aliphatic heterocycles. The number of carbonyl (C=O) groups is 2. The Labute approximate surface area is 208 Å². The van der Waals surface area contributed by atoms with Crippen molar-refractivity contribution in [3.8, 4) is 11.8 Å². The number of ether oxygens (including phenoxy) is 1. The third kappa shape index (κ3) is 3.98. The van der Waals surface area contributed by atoms with Gasteiger partial charge in [0.05, 0.1) is 6.10 Å². The summed E-state index contributed by atoms with van der Waals surface area (Å²) in [6, 6.07) is 6.30. The van der Waals surface area contributed by atoms with Crippen molar-refractivity contribution in [2.75, 3.05) is 13.7 Å². The SMILES string of the molecule is COC1CCC2(CC1)Cc1ccc(C#CC3CC3)cc1C21N=C(N)N(CCC(=O)C(C)(C)C)C1=O. The van der Waals surface area contributed by atoms with E-state index in [-0.39, 0.29) is 42.1 Å². The minimum Gasteiger partial charge on any atom is -0.381 e. The van der Waals surface area contributed by atoms with Crippen LogP contribution in [-0.4, -0.2) is 42.3 Å². The smallest absolute Gasteiger partial charge is 0.262 e. The summed E-state index contributed by atoms with van der Waals surface area (Å²) in [5, 5.41) is 0. The molecule has 2 spiro atoms. The number of nitrogens with two attached hydrogens (primary N) is 1. The summed E-state index contributed by atoms with van der Waals surface area (Å²) in [7, 11) is 1.76. The zero-order valence-corrected chi connectivity index (χ0v) is 21.4. The highest BCUT2D eigenvalue weighted by Gasteiger charge is 2.66. The number of methoxy groups -OCH3 is 1. The molecule has 6 nitrogen and oxygen atoms in total. The Kier molecular flexibility index (Phi) is 5.83. The topological polar surface area (TPSA) is 85.0 Å². The summed E-state index contributed by atoms with van der Waals surface area (Å²) in [5.41, 5.74) is 7.66. The van der Waals surface area contributed by atoms with Crippen LogP contribution in [0, 0.1) is 28.6 Å². The summed E-state index contributed by atoms with van der Waals surface area (Å²) >= 11 is 0. The Morgan fingerprint density at radius 3 is 2.57 bits per heavy atom. The van der Waals surface area contributed by atoms with E-state index in [1.54, 1.807) is 12.0 Å². The minimum atomic E-state index is -1.05. The number of aliphatic imine (C=N–C) groups is 1. The second-order valence-electron chi connectivity index (χ2n) is 11.9. The molecule has 2 N–H and O–H groups in total. The molecule has 3 aliphatic carbocycles. The van der Waals surface area contributed by atoms with Crippen molar-refractivity contribution in [2.24, 2.45) is 27.5 Å². The number of hydrogen-bond donors (Lipinski definition) is 1. The summed E-state index contributed by atoms with van der Waals surface area (Å²) in [6.45, 7) is 5.97. The van der Waals surface area contributed by atoms with Gasteiger partial charge in [0.2, 0.25) is 0 Å². The number of guanidine groups is 1. The Morgan fingerprint density at radius 2 is 1.94 bits per heavy atom. The van der Waals surface area contributed by atoms with Gasteiger partial charge in [-0.3, -0.25) is 14.5 Å². The highest BCUT2D eigenvalue weighted by atomic mass is 16.5. The first-order valence-corrected chi connectivity index (χ1v) is 13.0. The zero-order chi connectivity index (χ0) is 25.0. The molecule has 1 amide bonds. The van der Waals surface area contributed by atoms with Gasteiger partial charge in [0, 0.05) is 42.4 Å². The Bertz CT molecular complexity index is 1140. The third-order valence-electron chi connectivity index (χ3n) is 8.53. The Morgan fingerprint density at radius 1 is 1.23 bits per heavy atom. The number of Topliss-reactive ketones (excluding diaryl/α,β-unsaturated/α-hetero) is 1. The van der Waals surface area contributed by atoms with Gasteiger partial charge in [-0.25, -0.2) is 4.99 Å². The van der Waals surface area contributed by atoms with Gasteiger partial charge in [-0.05, 0) is 68.2 Å². The fourth-order valence-corrected chi connectivity index (χ4v) is 6.16. The van der Waals surface area contributed by atoms with Crippen LogP contribution in [0.5, 0.6) is 0 Å². The first-order chi connectivity index (χ1) is 16.6. The Balaban J connectivity index is 1.53. The molecule has 1 heterocycles. The van der Waals surface area contributed by atoms with Gasteiger partial charge < -0.3 is 10.5 Å². The van der Waals surface area contributed by atoms with Crippen molar-refractivity contribution in [1.82, 2.24) is 4.90 Å². The lowest BCUT2D eigenvalue weighted by atomic mass is 9.61. The van der Waals surface area contributed by atoms with E-state index in [0.717, 1.165) is 48.8 Å². The number of amides is 1. The molecule has 0 bridgehead atoms. The predicted molar refractivity (Wildman–Crippen MR) is 136 cm³/mol. The van der Waals surface area contributed by atoms with Crippen molar-refractivity contribution in [1.29, 1.82) is 0 Å². The molecule has 6 heteroatoms. The summed E-state index contributed by atoms with van der Waals surface area (Å²) in [6.07, 6.45) is 7.10. The second-order valence-corrected chi connectivity index (χ2v) is 11.9. The number of benzene rings is 1. The average Bonchev–Trinajstić information content (AvgIpc) is 3.57. The molecule has 186 valence electrons. The van der Waals surface area contributed by atoms with Crippen molar-refractivity contribution in [3.05, 3.63) is 34.9 Å². The van der Waals surface area contributed by atoms with Gasteiger partial charge in [0.25, 0.3) is 5.91 Å². The average molecular weight is 476 g/mol. The van der Waals surface area contributed by atoms with Crippen LogP contribution in [0.1, 0.15) is 82.4 Å². The molecule has 2 saturated carbocycles. The van der Waals surface area contributed by atoms with Gasteiger partial charge in [-0.2, -0.15) is 0 Å². The summed E-state index contributed by atoms with van der Waals surface area (Å²) in [4.78, 5) is 33.5. The van der Waals surface area contributed by atoms with Gasteiger partial charge >= 0.3 is 0 Å². The van der Waals surface area contributed by atoms with Crippen molar-refractivity contribution in [3.63, 3.8) is 0 Å². The van der Waals surface area contributed by atoms with Crippen LogP contribution >= 0.6 is 0 Å². The highest BCUT2D eigenvalue weighted by Crippen LogP contribution is 2.62. The fourth-order valence-electron chi connectivity index (χ4n) is 6.16. The number of fused-ring (bicyclic) bond motifs is 3. The summed E-state index contributed by atoms with van der Waals surface area (Å²) < 4.78 is 5.66. The van der Waals surface area contributed by atoms with Crippen molar-refractivity contribution in [2.45, 2.75) is 83.8 Å². The van der Waals surface area contributed by atoms with Crippen LogP contribution in [0.2, 0.25) is 0 Å². The molecular weight excluding hydrogens is 438 g/mol. The lowest BCUT2D eigenvalue weighted by molar-refractivity contribution is -0.138. The molecule has 1 aromatic carbocycles. The predicted octanol–water partition coefficient (Wildman–Crippen LogP) is 3.94. The molecular formula is C29H37N3O3. The van der Waals surface area contributed by atoms with Crippen LogP contribution in [0.25, 0.3) is 0 Å². The lowest BCUT2D eigenvalue weighted by Gasteiger charge is -2.45. The molecule has 1 atom stereocenters. The largest absolute Gasteiger partial charge is 0.381 e. The van der Waals surface area contributed by atoms with Crippen LogP contribution in [0.15, 0.2) is 23.2 Å². The molecule has 35 heavy (non-hydrogen) atoms. The van der Waals surface area contributed by atoms with E-state index in [0.29, 0.717) is 5.92 Å². The zero-order valence-electron chi connectivity index (χ0n) is 21.4. The maximum absolute atomic E-state index is 14.3. The number of rotatable bonds is 4. The van der Waals surface area contributed by atoms with Crippen LogP contribution < -0.4 is 5.73 Å². The van der Waals surface area contributed by atoms with Crippen molar-refractivity contribution < 1.29 is 14.3 Å². The number of hydrogen-bond acceptors (Lipinski definition) is 5. The molecule has 0 radical (unpaired) electrons. The molecule has 0 saturated heterocycles. The van der Waals surface area contributed by atoms with Gasteiger partial charge in [0.1, 0.15) is 5.78 Å². The molecule has 5 rings (SSSR count). The summed E-state index contributed by atoms with van der Waals surface area (Å²) in [5.74, 6) is 7.43. The third-order valence-corrected chi connectivity index (χ3v) is 8.53. The van der Waals surface area contributed by atoms with E-state index in [9.17, 15) is 9.59 Å². The van der Waals surface area contributed by atoms with Crippen molar-refractivity contribution >= 4 is 17.6 Å². The van der Waals surface area contributed by atoms with Crippen LogP contribution in [0.3, 0.4) is 0 Å².